The molecule has 120 valence electrons. The van der Waals surface area contributed by atoms with E-state index in [1.165, 1.54) is 11.3 Å². The van der Waals surface area contributed by atoms with Crippen molar-refractivity contribution in [2.24, 2.45) is 16.8 Å². The molecule has 0 aliphatic carbocycles. The van der Waals surface area contributed by atoms with E-state index in [-0.39, 0.29) is 16.6 Å². The number of thiophene rings is 1. The van der Waals surface area contributed by atoms with Crippen LogP contribution in [0.4, 0.5) is 0 Å². The molecule has 0 radical (unpaired) electrons. The molecule has 2 atom stereocenters. The van der Waals surface area contributed by atoms with Crippen molar-refractivity contribution >= 4 is 28.5 Å². The number of amidine groups is 1. The molecular formula is C14H25N3O2S2. The van der Waals surface area contributed by atoms with Gasteiger partial charge in [0.25, 0.3) is 0 Å². The van der Waals surface area contributed by atoms with E-state index in [1.807, 2.05) is 32.2 Å². The van der Waals surface area contributed by atoms with E-state index in [9.17, 15) is 4.55 Å². The third-order valence-corrected chi connectivity index (χ3v) is 5.54. The van der Waals surface area contributed by atoms with Gasteiger partial charge in [-0.1, -0.05) is 19.0 Å². The van der Waals surface area contributed by atoms with Crippen LogP contribution >= 0.6 is 11.3 Å². The standard InChI is InChI=1S/C14H25N3O2S2/c1-9(2)6-11(17-21(19)14(3,4)5)12-7-10(8-20-12)13(15)16-18/h7-9,11,17-18H,6H2,1-5H3,(H2,15,16)/t11-,21?/m1/s1. The van der Waals surface area contributed by atoms with Crippen molar-refractivity contribution in [1.82, 2.24) is 4.72 Å². The highest BCUT2D eigenvalue weighted by Crippen LogP contribution is 2.29. The van der Waals surface area contributed by atoms with Crippen molar-refractivity contribution in [1.29, 1.82) is 0 Å². The molecule has 0 aromatic carbocycles. The van der Waals surface area contributed by atoms with Crippen molar-refractivity contribution in [3.63, 3.8) is 0 Å². The zero-order valence-corrected chi connectivity index (χ0v) is 14.8. The maximum absolute atomic E-state index is 12.3. The zero-order chi connectivity index (χ0) is 16.2. The molecule has 21 heavy (non-hydrogen) atoms. The van der Waals surface area contributed by atoms with Gasteiger partial charge in [0.05, 0.1) is 6.04 Å². The molecule has 0 spiro atoms. The summed E-state index contributed by atoms with van der Waals surface area (Å²) in [5, 5.41) is 13.6. The second kappa shape index (κ2) is 7.49. The Morgan fingerprint density at radius 1 is 1.52 bits per heavy atom. The zero-order valence-electron chi connectivity index (χ0n) is 13.2. The minimum Gasteiger partial charge on any atom is -0.598 e. The Labute approximate surface area is 133 Å². The second-order valence-electron chi connectivity index (χ2n) is 6.40. The smallest absolute Gasteiger partial charge is 0.170 e. The van der Waals surface area contributed by atoms with Crippen LogP contribution in [0.1, 0.15) is 57.5 Å². The number of hydrogen-bond donors (Lipinski definition) is 3. The van der Waals surface area contributed by atoms with E-state index < -0.39 is 11.4 Å². The Morgan fingerprint density at radius 3 is 2.62 bits per heavy atom. The first-order chi connectivity index (χ1) is 9.65. The lowest BCUT2D eigenvalue weighted by atomic mass is 10.0. The minimum absolute atomic E-state index is 0.00435. The molecular weight excluding hydrogens is 306 g/mol. The quantitative estimate of drug-likeness (QED) is 0.245. The van der Waals surface area contributed by atoms with Gasteiger partial charge in [-0.15, -0.1) is 16.1 Å². The Morgan fingerprint density at radius 2 is 2.14 bits per heavy atom. The summed E-state index contributed by atoms with van der Waals surface area (Å²) < 4.78 is 15.2. The third kappa shape index (κ3) is 5.50. The molecule has 0 aliphatic rings. The molecule has 0 saturated heterocycles. The number of nitrogens with two attached hydrogens (primary N) is 1. The summed E-state index contributed by atoms with van der Waals surface area (Å²) in [6, 6.07) is 1.88. The molecule has 0 fully saturated rings. The first-order valence-corrected chi connectivity index (χ1v) is 8.92. The van der Waals surface area contributed by atoms with E-state index in [0.29, 0.717) is 11.5 Å². The van der Waals surface area contributed by atoms with Crippen molar-refractivity contribution < 1.29 is 9.76 Å². The van der Waals surface area contributed by atoms with Gasteiger partial charge in [0.1, 0.15) is 4.75 Å². The molecule has 0 aliphatic heterocycles. The summed E-state index contributed by atoms with van der Waals surface area (Å²) in [6.45, 7) is 10.1. The number of oxime groups is 1. The summed E-state index contributed by atoms with van der Waals surface area (Å²) in [6.07, 6.45) is 0.873. The van der Waals surface area contributed by atoms with Crippen LogP contribution in [-0.4, -0.2) is 20.3 Å². The lowest BCUT2D eigenvalue weighted by molar-refractivity contribution is 0.318. The largest absolute Gasteiger partial charge is 0.598 e. The Balaban J connectivity index is 2.95. The normalized spacial score (nSPS) is 16.2. The van der Waals surface area contributed by atoms with E-state index in [2.05, 4.69) is 23.7 Å². The predicted molar refractivity (Wildman–Crippen MR) is 90.1 cm³/mol. The van der Waals surface area contributed by atoms with E-state index in [1.54, 1.807) is 0 Å². The monoisotopic (exact) mass is 331 g/mol. The van der Waals surface area contributed by atoms with Crippen molar-refractivity contribution in [3.05, 3.63) is 21.9 Å². The highest BCUT2D eigenvalue weighted by Gasteiger charge is 2.30. The minimum atomic E-state index is -1.14. The number of nitrogens with zero attached hydrogens (tertiary/aromatic N) is 1. The lowest BCUT2D eigenvalue weighted by Crippen LogP contribution is -2.41. The van der Waals surface area contributed by atoms with Crippen molar-refractivity contribution in [3.8, 4) is 0 Å². The average Bonchev–Trinajstić information content (AvgIpc) is 2.84. The molecule has 0 amide bonds. The second-order valence-corrected chi connectivity index (χ2v) is 9.34. The fraction of sp³-hybridized carbons (Fsp3) is 0.643. The first kappa shape index (κ1) is 18.3. The van der Waals surface area contributed by atoms with Crippen LogP contribution in [0.5, 0.6) is 0 Å². The van der Waals surface area contributed by atoms with Gasteiger partial charge >= 0.3 is 0 Å². The van der Waals surface area contributed by atoms with Gasteiger partial charge in [0.15, 0.2) is 5.84 Å². The van der Waals surface area contributed by atoms with Crippen LogP contribution in [0.3, 0.4) is 0 Å². The molecule has 1 aromatic heterocycles. The highest BCUT2D eigenvalue weighted by molar-refractivity contribution is 7.90. The van der Waals surface area contributed by atoms with Crippen LogP contribution in [0.2, 0.25) is 0 Å². The van der Waals surface area contributed by atoms with Crippen LogP contribution in [0.15, 0.2) is 16.6 Å². The maximum atomic E-state index is 12.3. The fourth-order valence-corrected chi connectivity index (χ4v) is 3.60. The summed E-state index contributed by atoms with van der Waals surface area (Å²) in [5.74, 6) is 0.562. The van der Waals surface area contributed by atoms with Crippen molar-refractivity contribution in [2.75, 3.05) is 0 Å². The van der Waals surface area contributed by atoms with E-state index >= 15 is 0 Å². The molecule has 1 rings (SSSR count). The summed E-state index contributed by atoms with van der Waals surface area (Å²) >= 11 is 0.385. The van der Waals surface area contributed by atoms with Crippen LogP contribution in [0.25, 0.3) is 0 Å². The third-order valence-electron chi connectivity index (χ3n) is 2.88. The maximum Gasteiger partial charge on any atom is 0.170 e. The summed E-state index contributed by atoms with van der Waals surface area (Å²) in [7, 11) is 0. The molecule has 0 bridgehead atoms. The van der Waals surface area contributed by atoms with Gasteiger partial charge < -0.3 is 15.5 Å². The molecule has 1 aromatic rings. The molecule has 1 heterocycles. The van der Waals surface area contributed by atoms with Gasteiger partial charge in [-0.25, -0.2) is 0 Å². The van der Waals surface area contributed by atoms with Crippen LogP contribution in [-0.2, 0) is 11.4 Å². The lowest BCUT2D eigenvalue weighted by Gasteiger charge is -2.28. The molecule has 5 nitrogen and oxygen atoms in total. The predicted octanol–water partition coefficient (Wildman–Crippen LogP) is 2.98. The van der Waals surface area contributed by atoms with Gasteiger partial charge in [-0.2, -0.15) is 0 Å². The van der Waals surface area contributed by atoms with Crippen molar-refractivity contribution in [2.45, 2.75) is 51.8 Å². The Hall–Kier alpha value is -0.760. The topological polar surface area (TPSA) is 93.7 Å². The summed E-state index contributed by atoms with van der Waals surface area (Å²) in [4.78, 5) is 1.04. The van der Waals surface area contributed by atoms with Gasteiger partial charge in [-0.05, 0) is 39.2 Å². The molecule has 7 heteroatoms. The van der Waals surface area contributed by atoms with Gasteiger partial charge in [0.2, 0.25) is 0 Å². The Bertz CT molecular complexity index is 481. The van der Waals surface area contributed by atoms with E-state index in [4.69, 9.17) is 10.9 Å². The molecule has 1 unspecified atom stereocenters. The number of rotatable bonds is 6. The van der Waals surface area contributed by atoms with Gasteiger partial charge in [-0.3, -0.25) is 0 Å². The highest BCUT2D eigenvalue weighted by atomic mass is 32.2. The Kier molecular flexibility index (Phi) is 6.52. The van der Waals surface area contributed by atoms with E-state index in [0.717, 1.165) is 11.3 Å². The summed E-state index contributed by atoms with van der Waals surface area (Å²) in [5.41, 5.74) is 6.30. The molecule has 0 saturated carbocycles. The van der Waals surface area contributed by atoms with Gasteiger partial charge in [0, 0.05) is 27.2 Å². The SMILES string of the molecule is CC(C)C[C@@H](N[S+]([O-])C(C)(C)C)c1cc(C(N)=NO)cs1. The van der Waals surface area contributed by atoms with Crippen LogP contribution in [0, 0.1) is 5.92 Å². The fourth-order valence-electron chi connectivity index (χ4n) is 1.73. The number of nitrogens with one attached hydrogen (secondary N) is 1. The first-order valence-electron chi connectivity index (χ1n) is 6.89. The molecule has 4 N–H and O–H groups in total. The van der Waals surface area contributed by atoms with Crippen LogP contribution < -0.4 is 10.5 Å². The number of hydrogen-bond acceptors (Lipinski definition) is 5. The average molecular weight is 332 g/mol.